The number of unbranched alkanes of at least 4 members (excludes halogenated alkanes) is 3. The minimum atomic E-state index is -0.149. The largest absolute Gasteiger partial charge is 0.371 e. The van der Waals surface area contributed by atoms with E-state index in [1.165, 1.54) is 31.2 Å². The van der Waals surface area contributed by atoms with Crippen LogP contribution >= 0.6 is 0 Å². The smallest absolute Gasteiger partial charge is 0.143 e. The van der Waals surface area contributed by atoms with Gasteiger partial charge in [-0.3, -0.25) is 0 Å². The first-order chi connectivity index (χ1) is 7.43. The molecule has 0 amide bonds. The molecule has 0 bridgehead atoms. The topological polar surface area (TPSA) is 29.5 Å². The summed E-state index contributed by atoms with van der Waals surface area (Å²) in [5.74, 6) is 0. The fourth-order valence-corrected chi connectivity index (χ4v) is 1.60. The Morgan fingerprint density at radius 3 is 2.40 bits per heavy atom. The molecule has 0 spiro atoms. The molecule has 0 aliphatic heterocycles. The fourth-order valence-electron chi connectivity index (χ4n) is 1.60. The molecule has 0 saturated heterocycles. The van der Waals surface area contributed by atoms with Gasteiger partial charge in [-0.25, -0.2) is 0 Å². The van der Waals surface area contributed by atoms with Gasteiger partial charge in [0.15, 0.2) is 0 Å². The highest BCUT2D eigenvalue weighted by Gasteiger charge is 1.93. The van der Waals surface area contributed by atoms with E-state index >= 15 is 0 Å². The van der Waals surface area contributed by atoms with Crippen LogP contribution in [0.25, 0.3) is 0 Å². The van der Waals surface area contributed by atoms with Crippen LogP contribution in [0, 0.1) is 0 Å². The maximum Gasteiger partial charge on any atom is 0.143 e. The summed E-state index contributed by atoms with van der Waals surface area (Å²) < 4.78 is 4.85. The molecule has 0 aromatic heterocycles. The van der Waals surface area contributed by atoms with E-state index in [-0.39, 0.29) is 6.79 Å². The summed E-state index contributed by atoms with van der Waals surface area (Å²) in [7, 11) is 0. The van der Waals surface area contributed by atoms with E-state index in [0.29, 0.717) is 6.61 Å². The van der Waals surface area contributed by atoms with Crippen LogP contribution in [0.5, 0.6) is 0 Å². The van der Waals surface area contributed by atoms with E-state index in [4.69, 9.17) is 9.84 Å². The van der Waals surface area contributed by atoms with E-state index in [1.54, 1.807) is 0 Å². The van der Waals surface area contributed by atoms with Crippen LogP contribution in [-0.4, -0.2) is 18.5 Å². The van der Waals surface area contributed by atoms with Crippen molar-refractivity contribution in [3.8, 4) is 0 Å². The molecule has 1 rings (SSSR count). The van der Waals surface area contributed by atoms with Gasteiger partial charge in [0.1, 0.15) is 6.79 Å². The van der Waals surface area contributed by atoms with Crippen LogP contribution in [0.15, 0.2) is 30.3 Å². The van der Waals surface area contributed by atoms with Crippen LogP contribution in [0.1, 0.15) is 31.2 Å². The van der Waals surface area contributed by atoms with Crippen LogP contribution in [0.2, 0.25) is 0 Å². The Hall–Kier alpha value is -0.860. The van der Waals surface area contributed by atoms with Crippen LogP contribution in [-0.2, 0) is 11.2 Å². The van der Waals surface area contributed by atoms with Crippen LogP contribution < -0.4 is 0 Å². The van der Waals surface area contributed by atoms with E-state index in [9.17, 15) is 0 Å². The van der Waals surface area contributed by atoms with Gasteiger partial charge in [-0.05, 0) is 24.8 Å². The van der Waals surface area contributed by atoms with Gasteiger partial charge in [0, 0.05) is 6.61 Å². The zero-order chi connectivity index (χ0) is 10.8. The lowest BCUT2D eigenvalue weighted by Gasteiger charge is -2.02. The van der Waals surface area contributed by atoms with Crippen molar-refractivity contribution >= 4 is 0 Å². The van der Waals surface area contributed by atoms with Crippen molar-refractivity contribution in [2.75, 3.05) is 13.4 Å². The maximum absolute atomic E-state index is 8.40. The molecule has 0 aliphatic carbocycles. The zero-order valence-corrected chi connectivity index (χ0v) is 9.19. The monoisotopic (exact) mass is 208 g/mol. The third-order valence-electron chi connectivity index (χ3n) is 2.44. The molecule has 1 aromatic carbocycles. The Bertz CT molecular complexity index is 234. The van der Waals surface area contributed by atoms with Crippen LogP contribution in [0.4, 0.5) is 0 Å². The molecule has 84 valence electrons. The first-order valence-corrected chi connectivity index (χ1v) is 5.66. The van der Waals surface area contributed by atoms with Gasteiger partial charge in [-0.15, -0.1) is 0 Å². The van der Waals surface area contributed by atoms with Crippen molar-refractivity contribution in [2.24, 2.45) is 0 Å². The van der Waals surface area contributed by atoms with Crippen molar-refractivity contribution in [3.05, 3.63) is 35.9 Å². The second-order valence-electron chi connectivity index (χ2n) is 3.69. The average Bonchev–Trinajstić information content (AvgIpc) is 2.29. The molecule has 2 heteroatoms. The van der Waals surface area contributed by atoms with Gasteiger partial charge < -0.3 is 9.84 Å². The lowest BCUT2D eigenvalue weighted by molar-refractivity contribution is -0.00282. The maximum atomic E-state index is 8.40. The fraction of sp³-hybridized carbons (Fsp3) is 0.538. The van der Waals surface area contributed by atoms with Gasteiger partial charge in [0.05, 0.1) is 0 Å². The van der Waals surface area contributed by atoms with Crippen molar-refractivity contribution in [2.45, 2.75) is 32.1 Å². The minimum Gasteiger partial charge on any atom is -0.371 e. The third-order valence-corrected chi connectivity index (χ3v) is 2.44. The highest BCUT2D eigenvalue weighted by atomic mass is 16.6. The molecular weight excluding hydrogens is 188 g/mol. The summed E-state index contributed by atoms with van der Waals surface area (Å²) in [6.07, 6.45) is 5.89. The second-order valence-corrected chi connectivity index (χ2v) is 3.69. The number of aryl methyl sites for hydroxylation is 1. The molecule has 15 heavy (non-hydrogen) atoms. The van der Waals surface area contributed by atoms with Gasteiger partial charge in [0.2, 0.25) is 0 Å². The molecule has 0 fully saturated rings. The molecule has 0 radical (unpaired) electrons. The molecule has 0 aliphatic rings. The lowest BCUT2D eigenvalue weighted by Crippen LogP contribution is -1.95. The molecule has 2 nitrogen and oxygen atoms in total. The number of hydrogen-bond donors (Lipinski definition) is 1. The predicted octanol–water partition coefficient (Wildman–Crippen LogP) is 2.76. The summed E-state index contributed by atoms with van der Waals surface area (Å²) >= 11 is 0. The minimum absolute atomic E-state index is 0.149. The summed E-state index contributed by atoms with van der Waals surface area (Å²) in [4.78, 5) is 0. The Labute approximate surface area is 91.9 Å². The number of ether oxygens (including phenoxy) is 1. The number of hydrogen-bond acceptors (Lipinski definition) is 2. The summed E-state index contributed by atoms with van der Waals surface area (Å²) in [6.45, 7) is 0.534. The first kappa shape index (κ1) is 12.2. The normalized spacial score (nSPS) is 10.5. The van der Waals surface area contributed by atoms with E-state index < -0.39 is 0 Å². The van der Waals surface area contributed by atoms with Crippen LogP contribution in [0.3, 0.4) is 0 Å². The predicted molar refractivity (Wildman–Crippen MR) is 61.7 cm³/mol. The van der Waals surface area contributed by atoms with Crippen molar-refractivity contribution in [1.29, 1.82) is 0 Å². The molecule has 1 aromatic rings. The Balaban J connectivity index is 1.93. The van der Waals surface area contributed by atoms with Gasteiger partial charge in [-0.2, -0.15) is 0 Å². The van der Waals surface area contributed by atoms with Gasteiger partial charge in [0.25, 0.3) is 0 Å². The summed E-state index contributed by atoms with van der Waals surface area (Å²) in [6, 6.07) is 10.6. The molecule has 0 heterocycles. The summed E-state index contributed by atoms with van der Waals surface area (Å²) in [5.41, 5.74) is 1.42. The average molecular weight is 208 g/mol. The highest BCUT2D eigenvalue weighted by molar-refractivity contribution is 5.14. The van der Waals surface area contributed by atoms with Gasteiger partial charge >= 0.3 is 0 Å². The Morgan fingerprint density at radius 1 is 0.933 bits per heavy atom. The molecule has 1 N–H and O–H groups in total. The van der Waals surface area contributed by atoms with Crippen molar-refractivity contribution in [3.63, 3.8) is 0 Å². The first-order valence-electron chi connectivity index (χ1n) is 5.66. The SMILES string of the molecule is OCOCCCCCCc1ccccc1. The lowest BCUT2D eigenvalue weighted by atomic mass is 10.1. The van der Waals surface area contributed by atoms with Crippen molar-refractivity contribution in [1.82, 2.24) is 0 Å². The summed E-state index contributed by atoms with van der Waals surface area (Å²) in [5, 5.41) is 8.40. The highest BCUT2D eigenvalue weighted by Crippen LogP contribution is 2.07. The van der Waals surface area contributed by atoms with Gasteiger partial charge in [-0.1, -0.05) is 43.2 Å². The number of benzene rings is 1. The third kappa shape index (κ3) is 6.26. The van der Waals surface area contributed by atoms with E-state index in [0.717, 1.165) is 6.42 Å². The standard InChI is InChI=1S/C13H20O2/c14-12-15-11-7-2-1-4-8-13-9-5-3-6-10-13/h3,5-6,9-10,14H,1-2,4,7-8,11-12H2. The zero-order valence-electron chi connectivity index (χ0n) is 9.19. The Morgan fingerprint density at radius 2 is 1.67 bits per heavy atom. The molecule has 0 atom stereocenters. The molecular formula is C13H20O2. The number of rotatable bonds is 8. The molecule has 0 saturated carbocycles. The Kier molecular flexibility index (Phi) is 6.88. The van der Waals surface area contributed by atoms with E-state index in [2.05, 4.69) is 30.3 Å². The molecule has 0 unspecified atom stereocenters. The quantitative estimate of drug-likeness (QED) is 0.526. The second kappa shape index (κ2) is 8.45. The number of aliphatic hydroxyl groups excluding tert-OH is 1. The number of aliphatic hydroxyl groups is 1. The van der Waals surface area contributed by atoms with Crippen molar-refractivity contribution < 1.29 is 9.84 Å². The van der Waals surface area contributed by atoms with E-state index in [1.807, 2.05) is 0 Å².